The van der Waals surface area contributed by atoms with E-state index in [1.165, 1.54) is 0 Å². The first kappa shape index (κ1) is 14.3. The third-order valence-electron chi connectivity index (χ3n) is 4.13. The van der Waals surface area contributed by atoms with Gasteiger partial charge in [0.1, 0.15) is 11.9 Å². The fourth-order valence-corrected chi connectivity index (χ4v) is 2.78. The normalized spacial score (nSPS) is 17.2. The molecule has 5 heteroatoms. The molecule has 0 atom stereocenters. The standard InChI is InChI=1S/C15H19N3O2/c1-11-5-8-17-13(12(11)9-16)18-10-15(14(19)20)6-3-2-4-7-15/h5,8H,2-4,6-7,10H2,1H3,(H,17,18)(H,19,20). The van der Waals surface area contributed by atoms with Crippen LogP contribution in [0.2, 0.25) is 0 Å². The van der Waals surface area contributed by atoms with E-state index in [1.807, 2.05) is 6.92 Å². The number of carboxylic acids is 1. The number of aryl methyl sites for hydroxylation is 1. The maximum Gasteiger partial charge on any atom is 0.311 e. The summed E-state index contributed by atoms with van der Waals surface area (Å²) in [4.78, 5) is 15.8. The maximum atomic E-state index is 11.6. The van der Waals surface area contributed by atoms with Gasteiger partial charge in [-0.05, 0) is 31.4 Å². The molecule has 0 saturated heterocycles. The molecule has 1 aromatic rings. The van der Waals surface area contributed by atoms with Crippen molar-refractivity contribution in [2.45, 2.75) is 39.0 Å². The van der Waals surface area contributed by atoms with Gasteiger partial charge in [-0.3, -0.25) is 4.79 Å². The quantitative estimate of drug-likeness (QED) is 0.880. The molecule has 0 spiro atoms. The van der Waals surface area contributed by atoms with Gasteiger partial charge in [0.15, 0.2) is 0 Å². The predicted octanol–water partition coefficient (Wildman–Crippen LogP) is 2.71. The molecule has 1 saturated carbocycles. The molecule has 2 N–H and O–H groups in total. The molecule has 106 valence electrons. The summed E-state index contributed by atoms with van der Waals surface area (Å²) in [5, 5.41) is 21.8. The monoisotopic (exact) mass is 273 g/mol. The van der Waals surface area contributed by atoms with Crippen LogP contribution in [0.1, 0.15) is 43.2 Å². The van der Waals surface area contributed by atoms with Crippen LogP contribution >= 0.6 is 0 Å². The van der Waals surface area contributed by atoms with Crippen LogP contribution in [-0.2, 0) is 4.79 Å². The van der Waals surface area contributed by atoms with Crippen molar-refractivity contribution in [1.29, 1.82) is 5.26 Å². The smallest absolute Gasteiger partial charge is 0.311 e. The lowest BCUT2D eigenvalue weighted by Gasteiger charge is -2.33. The first-order chi connectivity index (χ1) is 9.59. The van der Waals surface area contributed by atoms with Gasteiger partial charge >= 0.3 is 5.97 Å². The van der Waals surface area contributed by atoms with Gasteiger partial charge in [-0.1, -0.05) is 19.3 Å². The summed E-state index contributed by atoms with van der Waals surface area (Å²) in [6, 6.07) is 3.90. The Morgan fingerprint density at radius 3 is 2.80 bits per heavy atom. The molecular weight excluding hydrogens is 254 g/mol. The Morgan fingerprint density at radius 1 is 1.50 bits per heavy atom. The minimum atomic E-state index is -0.754. The molecule has 0 unspecified atom stereocenters. The highest BCUT2D eigenvalue weighted by Crippen LogP contribution is 2.36. The predicted molar refractivity (Wildman–Crippen MR) is 75.3 cm³/mol. The minimum Gasteiger partial charge on any atom is -0.481 e. The van der Waals surface area contributed by atoms with Gasteiger partial charge in [0.25, 0.3) is 0 Å². The molecule has 0 aromatic carbocycles. The zero-order chi connectivity index (χ0) is 14.6. The van der Waals surface area contributed by atoms with E-state index < -0.39 is 11.4 Å². The summed E-state index contributed by atoms with van der Waals surface area (Å²) in [5.41, 5.74) is 0.609. The van der Waals surface area contributed by atoms with E-state index in [0.717, 1.165) is 24.8 Å². The SMILES string of the molecule is Cc1ccnc(NCC2(C(=O)O)CCCCC2)c1C#N. The van der Waals surface area contributed by atoms with Gasteiger partial charge in [-0.25, -0.2) is 4.98 Å². The first-order valence-electron chi connectivity index (χ1n) is 6.92. The van der Waals surface area contributed by atoms with Crippen LogP contribution in [0, 0.1) is 23.7 Å². The number of anilines is 1. The minimum absolute atomic E-state index is 0.327. The molecule has 5 nitrogen and oxygen atoms in total. The Bertz CT molecular complexity index is 543. The van der Waals surface area contributed by atoms with Crippen molar-refractivity contribution in [2.24, 2.45) is 5.41 Å². The van der Waals surface area contributed by atoms with Crippen molar-refractivity contribution in [3.05, 3.63) is 23.4 Å². The number of rotatable bonds is 4. The third kappa shape index (κ3) is 2.74. The van der Waals surface area contributed by atoms with Crippen molar-refractivity contribution >= 4 is 11.8 Å². The third-order valence-corrected chi connectivity index (χ3v) is 4.13. The second-order valence-electron chi connectivity index (χ2n) is 5.46. The van der Waals surface area contributed by atoms with E-state index in [-0.39, 0.29) is 0 Å². The summed E-state index contributed by atoms with van der Waals surface area (Å²) < 4.78 is 0. The Kier molecular flexibility index (Phi) is 4.23. The largest absolute Gasteiger partial charge is 0.481 e. The lowest BCUT2D eigenvalue weighted by Crippen LogP contribution is -2.39. The van der Waals surface area contributed by atoms with Gasteiger partial charge < -0.3 is 10.4 Å². The number of hydrogen-bond acceptors (Lipinski definition) is 4. The Hall–Kier alpha value is -2.09. The summed E-state index contributed by atoms with van der Waals surface area (Å²) in [7, 11) is 0. The molecule has 1 heterocycles. The van der Waals surface area contributed by atoms with Crippen molar-refractivity contribution in [3.63, 3.8) is 0 Å². The number of aliphatic carboxylic acids is 1. The van der Waals surface area contributed by atoms with Gasteiger partial charge in [-0.2, -0.15) is 5.26 Å². The second-order valence-corrected chi connectivity index (χ2v) is 5.46. The molecule has 0 bridgehead atoms. The number of pyridine rings is 1. The molecule has 1 aliphatic carbocycles. The zero-order valence-corrected chi connectivity index (χ0v) is 11.6. The molecule has 2 rings (SSSR count). The lowest BCUT2D eigenvalue weighted by atomic mass is 9.74. The van der Waals surface area contributed by atoms with Crippen LogP contribution in [-0.4, -0.2) is 22.6 Å². The van der Waals surface area contributed by atoms with E-state index in [4.69, 9.17) is 5.26 Å². The zero-order valence-electron chi connectivity index (χ0n) is 11.6. The van der Waals surface area contributed by atoms with Crippen LogP contribution in [0.15, 0.2) is 12.3 Å². The van der Waals surface area contributed by atoms with Crippen LogP contribution in [0.4, 0.5) is 5.82 Å². The Morgan fingerprint density at radius 2 is 2.20 bits per heavy atom. The number of nitriles is 1. The molecule has 0 amide bonds. The number of carbonyl (C=O) groups is 1. The molecule has 1 fully saturated rings. The summed E-state index contributed by atoms with van der Waals surface area (Å²) in [6.45, 7) is 2.17. The highest BCUT2D eigenvalue weighted by molar-refractivity contribution is 5.75. The number of nitrogens with zero attached hydrogens (tertiary/aromatic N) is 2. The number of carboxylic acid groups (broad SMARTS) is 1. The van der Waals surface area contributed by atoms with E-state index in [0.29, 0.717) is 30.8 Å². The van der Waals surface area contributed by atoms with Crippen molar-refractivity contribution in [3.8, 4) is 6.07 Å². The Labute approximate surface area is 118 Å². The molecular formula is C15H19N3O2. The van der Waals surface area contributed by atoms with Gasteiger partial charge in [0.2, 0.25) is 0 Å². The number of hydrogen-bond donors (Lipinski definition) is 2. The average Bonchev–Trinajstić information content (AvgIpc) is 2.46. The van der Waals surface area contributed by atoms with Crippen LogP contribution in [0.5, 0.6) is 0 Å². The van der Waals surface area contributed by atoms with Crippen LogP contribution in [0.3, 0.4) is 0 Å². The molecule has 1 aliphatic rings. The average molecular weight is 273 g/mol. The van der Waals surface area contributed by atoms with Gasteiger partial charge in [0.05, 0.1) is 11.0 Å². The second kappa shape index (κ2) is 5.91. The van der Waals surface area contributed by atoms with E-state index >= 15 is 0 Å². The summed E-state index contributed by atoms with van der Waals surface area (Å²) >= 11 is 0. The first-order valence-corrected chi connectivity index (χ1v) is 6.92. The van der Waals surface area contributed by atoms with Crippen LogP contribution in [0.25, 0.3) is 0 Å². The van der Waals surface area contributed by atoms with Crippen LogP contribution < -0.4 is 5.32 Å². The van der Waals surface area contributed by atoms with E-state index in [2.05, 4.69) is 16.4 Å². The highest BCUT2D eigenvalue weighted by atomic mass is 16.4. The molecule has 0 aliphatic heterocycles. The molecule has 1 aromatic heterocycles. The lowest BCUT2D eigenvalue weighted by molar-refractivity contribution is -0.150. The van der Waals surface area contributed by atoms with Gasteiger partial charge in [-0.15, -0.1) is 0 Å². The number of nitrogens with one attached hydrogen (secondary N) is 1. The summed E-state index contributed by atoms with van der Waals surface area (Å²) in [5.74, 6) is -0.269. The Balaban J connectivity index is 2.17. The van der Waals surface area contributed by atoms with Crippen molar-refractivity contribution < 1.29 is 9.90 Å². The highest BCUT2D eigenvalue weighted by Gasteiger charge is 2.39. The van der Waals surface area contributed by atoms with E-state index in [1.54, 1.807) is 12.3 Å². The fourth-order valence-electron chi connectivity index (χ4n) is 2.78. The fraction of sp³-hybridized carbons (Fsp3) is 0.533. The topological polar surface area (TPSA) is 86.0 Å². The maximum absolute atomic E-state index is 11.6. The van der Waals surface area contributed by atoms with E-state index in [9.17, 15) is 9.90 Å². The van der Waals surface area contributed by atoms with Gasteiger partial charge in [0, 0.05) is 12.7 Å². The molecule has 20 heavy (non-hydrogen) atoms. The molecule has 0 radical (unpaired) electrons. The van der Waals surface area contributed by atoms with Crippen molar-refractivity contribution in [2.75, 3.05) is 11.9 Å². The van der Waals surface area contributed by atoms with Crippen molar-refractivity contribution in [1.82, 2.24) is 4.98 Å². The number of aromatic nitrogens is 1. The summed E-state index contributed by atoms with van der Waals surface area (Å²) in [6.07, 6.45) is 5.99.